The Morgan fingerprint density at radius 1 is 1.71 bits per heavy atom. The average Bonchev–Trinajstić information content (AvgIpc) is 2.18. The number of H-pyrrole nitrogens is 1. The predicted molar refractivity (Wildman–Crippen MR) is 45.3 cm³/mol. The van der Waals surface area contributed by atoms with E-state index in [1.165, 1.54) is 0 Å². The number of hydrogen-bond acceptors (Lipinski definition) is 4. The molecule has 1 N–H and O–H groups in total. The van der Waals surface area contributed by atoms with E-state index in [4.69, 9.17) is 0 Å². The topological polar surface area (TPSA) is 72.1 Å². The van der Waals surface area contributed by atoms with Gasteiger partial charge in [0.15, 0.2) is 0 Å². The van der Waals surface area contributed by atoms with Gasteiger partial charge in [-0.2, -0.15) is 5.10 Å². The zero-order chi connectivity index (χ0) is 10.6. The van der Waals surface area contributed by atoms with Crippen molar-refractivity contribution >= 4 is 5.97 Å². The third kappa shape index (κ3) is 2.38. The minimum absolute atomic E-state index is 0.0998. The van der Waals surface area contributed by atoms with E-state index in [0.29, 0.717) is 0 Å². The third-order valence-corrected chi connectivity index (χ3v) is 1.45. The van der Waals surface area contributed by atoms with E-state index >= 15 is 0 Å². The summed E-state index contributed by atoms with van der Waals surface area (Å²) in [6.45, 7) is 1.67. The number of halogens is 1. The number of aromatic amines is 1. The quantitative estimate of drug-likeness (QED) is 0.714. The largest absolute Gasteiger partial charge is 0.464 e. The van der Waals surface area contributed by atoms with E-state index < -0.39 is 17.7 Å². The summed E-state index contributed by atoms with van der Waals surface area (Å²) >= 11 is 0. The maximum absolute atomic E-state index is 13.2. The predicted octanol–water partition coefficient (Wildman–Crippen LogP) is 0.344. The van der Waals surface area contributed by atoms with Crippen molar-refractivity contribution in [1.29, 1.82) is 0 Å². The first-order chi connectivity index (χ1) is 6.65. The normalized spacial score (nSPS) is 12.1. The van der Waals surface area contributed by atoms with Gasteiger partial charge in [0, 0.05) is 6.07 Å². The van der Waals surface area contributed by atoms with E-state index in [9.17, 15) is 14.0 Å². The number of aromatic nitrogens is 2. The van der Waals surface area contributed by atoms with Crippen molar-refractivity contribution < 1.29 is 13.9 Å². The first-order valence-corrected chi connectivity index (χ1v) is 4.01. The molecule has 1 rings (SSSR count). The number of carbonyl (C=O) groups excluding carboxylic acids is 1. The fourth-order valence-electron chi connectivity index (χ4n) is 0.833. The first-order valence-electron chi connectivity index (χ1n) is 4.01. The van der Waals surface area contributed by atoms with Crippen LogP contribution in [0.15, 0.2) is 16.9 Å². The van der Waals surface area contributed by atoms with Crippen molar-refractivity contribution in [3.63, 3.8) is 0 Å². The number of nitrogens with one attached hydrogen (secondary N) is 1. The summed E-state index contributed by atoms with van der Waals surface area (Å²) < 4.78 is 17.6. The van der Waals surface area contributed by atoms with Crippen LogP contribution in [0, 0.1) is 0 Å². The minimum atomic E-state index is -1.95. The Labute approximate surface area is 78.9 Å². The molecule has 14 heavy (non-hydrogen) atoms. The van der Waals surface area contributed by atoms with Gasteiger partial charge in [-0.05, 0) is 13.0 Å². The zero-order valence-corrected chi connectivity index (χ0v) is 7.49. The van der Waals surface area contributed by atoms with Gasteiger partial charge in [-0.25, -0.2) is 14.3 Å². The molecule has 0 aliphatic rings. The monoisotopic (exact) mass is 200 g/mol. The smallest absolute Gasteiger partial charge is 0.347 e. The van der Waals surface area contributed by atoms with Crippen LogP contribution in [0.25, 0.3) is 0 Å². The molecule has 0 fully saturated rings. The Hall–Kier alpha value is -1.72. The van der Waals surface area contributed by atoms with Crippen LogP contribution in [0.2, 0.25) is 0 Å². The lowest BCUT2D eigenvalue weighted by Gasteiger charge is -2.05. The molecule has 1 unspecified atom stereocenters. The number of rotatable bonds is 3. The van der Waals surface area contributed by atoms with Gasteiger partial charge >= 0.3 is 5.97 Å². The number of esters is 1. The molecular formula is C8H9FN2O3. The molecule has 1 atom stereocenters. The van der Waals surface area contributed by atoms with Crippen molar-refractivity contribution in [3.8, 4) is 0 Å². The molecule has 0 spiro atoms. The summed E-state index contributed by atoms with van der Waals surface area (Å²) in [6, 6.07) is 2.23. The van der Waals surface area contributed by atoms with E-state index in [1.807, 2.05) is 5.10 Å². The van der Waals surface area contributed by atoms with Gasteiger partial charge in [-0.15, -0.1) is 0 Å². The molecule has 0 bridgehead atoms. The van der Waals surface area contributed by atoms with E-state index in [2.05, 4.69) is 9.84 Å². The standard InChI is InChI=1S/C8H9FN2O3/c1-2-14-8(13)7(9)5-3-4-6(12)11-10-5/h3-4,7H,2H2,1H3,(H,11,12). The zero-order valence-electron chi connectivity index (χ0n) is 7.49. The first kappa shape index (κ1) is 10.4. The maximum atomic E-state index is 13.2. The highest BCUT2D eigenvalue weighted by atomic mass is 19.1. The Morgan fingerprint density at radius 2 is 2.43 bits per heavy atom. The average molecular weight is 200 g/mol. The van der Waals surface area contributed by atoms with Gasteiger partial charge in [0.05, 0.1) is 6.61 Å². The number of ether oxygens (including phenoxy) is 1. The molecule has 1 aromatic rings. The van der Waals surface area contributed by atoms with Crippen molar-refractivity contribution in [2.75, 3.05) is 6.61 Å². The lowest BCUT2D eigenvalue weighted by molar-refractivity contribution is -0.149. The lowest BCUT2D eigenvalue weighted by atomic mass is 10.2. The molecule has 0 aliphatic heterocycles. The summed E-state index contributed by atoms with van der Waals surface area (Å²) in [7, 11) is 0. The lowest BCUT2D eigenvalue weighted by Crippen LogP contribution is -2.16. The van der Waals surface area contributed by atoms with Crippen molar-refractivity contribution in [2.45, 2.75) is 13.1 Å². The van der Waals surface area contributed by atoms with Gasteiger partial charge < -0.3 is 4.74 Å². The van der Waals surface area contributed by atoms with Crippen molar-refractivity contribution in [2.24, 2.45) is 0 Å². The molecule has 1 aromatic heterocycles. The SMILES string of the molecule is CCOC(=O)C(F)c1ccc(=O)[nH]n1. The molecule has 76 valence electrons. The van der Waals surface area contributed by atoms with Crippen LogP contribution in [-0.2, 0) is 9.53 Å². The molecule has 0 amide bonds. The number of nitrogens with zero attached hydrogens (tertiary/aromatic N) is 1. The third-order valence-electron chi connectivity index (χ3n) is 1.45. The molecule has 0 aliphatic carbocycles. The summed E-state index contributed by atoms with van der Waals surface area (Å²) in [5, 5.41) is 5.39. The van der Waals surface area contributed by atoms with E-state index in [0.717, 1.165) is 12.1 Å². The number of alkyl halides is 1. The summed E-state index contributed by atoms with van der Waals surface area (Å²) in [5.41, 5.74) is -0.618. The van der Waals surface area contributed by atoms with E-state index in [1.54, 1.807) is 6.92 Å². The number of carbonyl (C=O) groups is 1. The molecule has 1 heterocycles. The van der Waals surface area contributed by atoms with Crippen LogP contribution in [0.3, 0.4) is 0 Å². The Balaban J connectivity index is 2.78. The van der Waals surface area contributed by atoms with Gasteiger partial charge in [0.1, 0.15) is 5.69 Å². The highest BCUT2D eigenvalue weighted by molar-refractivity contribution is 5.75. The molecule has 0 saturated carbocycles. The molecule has 5 nitrogen and oxygen atoms in total. The molecule has 6 heteroatoms. The Morgan fingerprint density at radius 3 is 2.93 bits per heavy atom. The van der Waals surface area contributed by atoms with Crippen LogP contribution < -0.4 is 5.56 Å². The maximum Gasteiger partial charge on any atom is 0.347 e. The van der Waals surface area contributed by atoms with Gasteiger partial charge in [0.2, 0.25) is 6.17 Å². The van der Waals surface area contributed by atoms with Gasteiger partial charge in [0.25, 0.3) is 5.56 Å². The van der Waals surface area contributed by atoms with Gasteiger partial charge in [-0.3, -0.25) is 4.79 Å². The Bertz CT molecular complexity index is 357. The van der Waals surface area contributed by atoms with E-state index in [-0.39, 0.29) is 12.3 Å². The summed E-state index contributed by atoms with van der Waals surface area (Å²) in [4.78, 5) is 21.5. The molecule has 0 saturated heterocycles. The van der Waals surface area contributed by atoms with Gasteiger partial charge in [-0.1, -0.05) is 0 Å². The van der Waals surface area contributed by atoms with Crippen LogP contribution in [-0.4, -0.2) is 22.8 Å². The second-order valence-corrected chi connectivity index (χ2v) is 2.46. The van der Waals surface area contributed by atoms with Crippen LogP contribution in [0.4, 0.5) is 4.39 Å². The highest BCUT2D eigenvalue weighted by Crippen LogP contribution is 2.14. The van der Waals surface area contributed by atoms with Crippen LogP contribution in [0.1, 0.15) is 18.8 Å². The summed E-state index contributed by atoms with van der Waals surface area (Å²) in [5.74, 6) is -1.01. The second-order valence-electron chi connectivity index (χ2n) is 2.46. The fraction of sp³-hybridized carbons (Fsp3) is 0.375. The molecule has 0 radical (unpaired) electrons. The highest BCUT2D eigenvalue weighted by Gasteiger charge is 2.22. The minimum Gasteiger partial charge on any atom is -0.464 e. The summed E-state index contributed by atoms with van der Waals surface area (Å²) in [6.07, 6.45) is -1.95. The second kappa shape index (κ2) is 4.50. The number of hydrogen-bond donors (Lipinski definition) is 1. The van der Waals surface area contributed by atoms with Crippen molar-refractivity contribution in [1.82, 2.24) is 10.2 Å². The van der Waals surface area contributed by atoms with Crippen LogP contribution in [0.5, 0.6) is 0 Å². The van der Waals surface area contributed by atoms with Crippen molar-refractivity contribution in [3.05, 3.63) is 28.2 Å². The Kier molecular flexibility index (Phi) is 3.33. The fourth-order valence-corrected chi connectivity index (χ4v) is 0.833. The van der Waals surface area contributed by atoms with Crippen LogP contribution >= 0.6 is 0 Å². The molecular weight excluding hydrogens is 191 g/mol. The molecule has 0 aromatic carbocycles.